The predicted octanol–water partition coefficient (Wildman–Crippen LogP) is 3.76. The molecular weight excluding hydrogens is 539 g/mol. The van der Waals surface area contributed by atoms with Gasteiger partial charge in [0.25, 0.3) is 0 Å². The smallest absolute Gasteiger partial charge is 0.407 e. The first-order chi connectivity index (χ1) is 17.8. The number of amides is 1. The average molecular weight is 569 g/mol. The Labute approximate surface area is 225 Å². The fraction of sp³-hybridized carbons (Fsp3) is 0.391. The molecule has 3 aromatic rings. The van der Waals surface area contributed by atoms with E-state index in [2.05, 4.69) is 35.2 Å². The molecule has 1 aromatic carbocycles. The lowest BCUT2D eigenvalue weighted by Crippen LogP contribution is -2.37. The summed E-state index contributed by atoms with van der Waals surface area (Å²) in [4.78, 5) is 20.1. The van der Waals surface area contributed by atoms with Gasteiger partial charge in [-0.15, -0.1) is 0 Å². The summed E-state index contributed by atoms with van der Waals surface area (Å²) in [5.41, 5.74) is 0.823. The first-order valence-electron chi connectivity index (χ1n) is 11.5. The normalized spacial score (nSPS) is 12.5. The van der Waals surface area contributed by atoms with Gasteiger partial charge in [0.05, 0.1) is 18.5 Å². The number of halogens is 2. The molecule has 0 unspecified atom stereocenters. The lowest BCUT2D eigenvalue weighted by Gasteiger charge is -2.16. The van der Waals surface area contributed by atoms with Gasteiger partial charge in [0.2, 0.25) is 5.95 Å². The third-order valence-electron chi connectivity index (χ3n) is 5.32. The van der Waals surface area contributed by atoms with Gasteiger partial charge in [0, 0.05) is 61.3 Å². The van der Waals surface area contributed by atoms with Crippen LogP contribution in [0.5, 0.6) is 0 Å². The van der Waals surface area contributed by atoms with Gasteiger partial charge in [0.1, 0.15) is 5.69 Å². The number of rotatable bonds is 10. The summed E-state index contributed by atoms with van der Waals surface area (Å²) in [6.45, 7) is 5.91. The summed E-state index contributed by atoms with van der Waals surface area (Å²) >= 11 is 6.27. The highest BCUT2D eigenvalue weighted by Crippen LogP contribution is 2.37. The summed E-state index contributed by atoms with van der Waals surface area (Å²) in [5, 5.41) is 10.4. The molecule has 0 radical (unpaired) electrons. The van der Waals surface area contributed by atoms with Gasteiger partial charge in [-0.1, -0.05) is 11.6 Å². The van der Waals surface area contributed by atoms with Crippen molar-refractivity contribution in [2.45, 2.75) is 32.9 Å². The van der Waals surface area contributed by atoms with Gasteiger partial charge >= 0.3 is 16.3 Å². The molecule has 15 heteroatoms. The number of alkyl carbamates (subject to hydrolysis) is 1. The molecule has 1 amide bonds. The zero-order valence-corrected chi connectivity index (χ0v) is 23.4. The third-order valence-corrected chi connectivity index (χ3v) is 6.98. The van der Waals surface area contributed by atoms with Crippen molar-refractivity contribution in [3.8, 4) is 22.5 Å². The lowest BCUT2D eigenvalue weighted by atomic mass is 10.0. The zero-order chi connectivity index (χ0) is 28.2. The second-order valence-electron chi connectivity index (χ2n) is 8.85. The number of hydrogen-bond acceptors (Lipinski definition) is 8. The highest BCUT2D eigenvalue weighted by Gasteiger charge is 2.24. The zero-order valence-electron chi connectivity index (χ0n) is 21.8. The van der Waals surface area contributed by atoms with E-state index in [0.29, 0.717) is 23.5 Å². The Morgan fingerprint density at radius 1 is 1.24 bits per heavy atom. The van der Waals surface area contributed by atoms with Crippen molar-refractivity contribution in [1.29, 1.82) is 0 Å². The van der Waals surface area contributed by atoms with E-state index in [-0.39, 0.29) is 34.3 Å². The Morgan fingerprint density at radius 3 is 2.58 bits per heavy atom. The van der Waals surface area contributed by atoms with Crippen LogP contribution in [0.25, 0.3) is 22.5 Å². The van der Waals surface area contributed by atoms with Crippen molar-refractivity contribution < 1.29 is 22.3 Å². The van der Waals surface area contributed by atoms with E-state index in [1.807, 2.05) is 13.8 Å². The molecule has 0 saturated carbocycles. The van der Waals surface area contributed by atoms with Crippen LogP contribution in [0, 0.1) is 5.82 Å². The summed E-state index contributed by atoms with van der Waals surface area (Å²) in [7, 11) is -0.0651. The van der Waals surface area contributed by atoms with Crippen molar-refractivity contribution >= 4 is 39.5 Å². The minimum atomic E-state index is -3.99. The number of nitrogens with one attached hydrogen (secondary N) is 3. The Bertz CT molecular complexity index is 1410. The Hall–Kier alpha value is -3.49. The highest BCUT2D eigenvalue weighted by molar-refractivity contribution is 7.90. The van der Waals surface area contributed by atoms with Gasteiger partial charge in [-0.3, -0.25) is 9.40 Å². The van der Waals surface area contributed by atoms with Gasteiger partial charge in [0.15, 0.2) is 5.82 Å². The molecule has 2 aromatic heterocycles. The first-order valence-corrected chi connectivity index (χ1v) is 13.3. The van der Waals surface area contributed by atoms with E-state index >= 15 is 4.39 Å². The number of ether oxygens (including phenoxy) is 1. The van der Waals surface area contributed by atoms with E-state index < -0.39 is 22.1 Å². The molecule has 3 rings (SSSR count). The number of aromatic nitrogens is 4. The molecule has 206 valence electrons. The van der Waals surface area contributed by atoms with Crippen molar-refractivity contribution in [3.63, 3.8) is 0 Å². The standard InChI is InChI=1S/C23H30ClFN8O4S/c1-13(2)33-12-17(16-9-15(24)10-19(20(16)25)31-38(35,36)32(4)5)21(30-33)18-7-8-26-22(29-18)27-11-14(3)28-23(34)37-6/h7-10,12-14,31H,11H2,1-6H3,(H,28,34)(H,26,27,29)/t14-/m0/s1. The number of methoxy groups -OCH3 is 1. The highest BCUT2D eigenvalue weighted by atomic mass is 35.5. The van der Waals surface area contributed by atoms with Crippen LogP contribution in [0.15, 0.2) is 30.6 Å². The molecule has 1 atom stereocenters. The fourth-order valence-corrected chi connectivity index (χ4v) is 4.09. The quantitative estimate of drug-likeness (QED) is 0.335. The number of carbonyl (C=O) groups excluding carboxylic acids is 1. The number of benzene rings is 1. The van der Waals surface area contributed by atoms with Gasteiger partial charge in [-0.05, 0) is 39.0 Å². The molecule has 0 aliphatic heterocycles. The van der Waals surface area contributed by atoms with Crippen molar-refractivity contribution in [3.05, 3.63) is 41.4 Å². The number of hydrogen-bond donors (Lipinski definition) is 3. The maximum atomic E-state index is 15.7. The molecule has 2 heterocycles. The Balaban J connectivity index is 2.04. The van der Waals surface area contributed by atoms with Crippen LogP contribution in [0.1, 0.15) is 26.8 Å². The van der Waals surface area contributed by atoms with Crippen LogP contribution in [0.2, 0.25) is 5.02 Å². The van der Waals surface area contributed by atoms with Crippen LogP contribution < -0.4 is 15.4 Å². The maximum absolute atomic E-state index is 15.7. The number of anilines is 2. The van der Waals surface area contributed by atoms with E-state index in [9.17, 15) is 13.2 Å². The third kappa shape index (κ3) is 6.88. The topological polar surface area (TPSA) is 143 Å². The second-order valence-corrected chi connectivity index (χ2v) is 11.2. The lowest BCUT2D eigenvalue weighted by molar-refractivity contribution is 0.168. The molecule has 0 fully saturated rings. The van der Waals surface area contributed by atoms with Crippen LogP contribution in [0.4, 0.5) is 20.8 Å². The summed E-state index contributed by atoms with van der Waals surface area (Å²) < 4.78 is 49.8. The van der Waals surface area contributed by atoms with Crippen molar-refractivity contribution in [2.24, 2.45) is 0 Å². The molecule has 0 aliphatic carbocycles. The Kier molecular flexibility index (Phi) is 9.12. The predicted molar refractivity (Wildman–Crippen MR) is 144 cm³/mol. The molecule has 38 heavy (non-hydrogen) atoms. The fourth-order valence-electron chi connectivity index (χ4n) is 3.26. The number of nitrogens with zero attached hydrogens (tertiary/aromatic N) is 5. The second kappa shape index (κ2) is 11.9. The SMILES string of the molecule is COC(=O)N[C@@H](C)CNc1nccc(-c2nn(C(C)C)cc2-c2cc(Cl)cc(NS(=O)(=O)N(C)C)c2F)n1. The minimum Gasteiger partial charge on any atom is -0.453 e. The van der Waals surface area contributed by atoms with E-state index in [1.54, 1.807) is 23.9 Å². The van der Waals surface area contributed by atoms with Crippen molar-refractivity contribution in [2.75, 3.05) is 37.8 Å². The summed E-state index contributed by atoms with van der Waals surface area (Å²) in [6.07, 6.45) is 2.61. The molecule has 3 N–H and O–H groups in total. The monoisotopic (exact) mass is 568 g/mol. The maximum Gasteiger partial charge on any atom is 0.407 e. The van der Waals surface area contributed by atoms with Crippen LogP contribution in [-0.2, 0) is 14.9 Å². The summed E-state index contributed by atoms with van der Waals surface area (Å²) in [6, 6.07) is 3.87. The molecule has 12 nitrogen and oxygen atoms in total. The molecule has 0 aliphatic rings. The molecule has 0 saturated heterocycles. The van der Waals surface area contributed by atoms with E-state index in [0.717, 1.165) is 4.31 Å². The Morgan fingerprint density at radius 2 is 1.95 bits per heavy atom. The van der Waals surface area contributed by atoms with Crippen molar-refractivity contribution in [1.82, 2.24) is 29.4 Å². The summed E-state index contributed by atoms with van der Waals surface area (Å²) in [5.74, 6) is -0.559. The number of carbonyl (C=O) groups is 1. The molecule has 0 spiro atoms. The first kappa shape index (κ1) is 29.1. The van der Waals surface area contributed by atoms with E-state index in [4.69, 9.17) is 11.6 Å². The minimum absolute atomic E-state index is 0.0416. The average Bonchev–Trinajstić information content (AvgIpc) is 3.30. The van der Waals surface area contributed by atoms with Crippen LogP contribution in [-0.4, -0.2) is 72.4 Å². The van der Waals surface area contributed by atoms with Crippen LogP contribution >= 0.6 is 11.6 Å². The van der Waals surface area contributed by atoms with Gasteiger partial charge in [-0.25, -0.2) is 19.2 Å². The molecular formula is C23H30ClFN8O4S. The molecule has 0 bridgehead atoms. The largest absolute Gasteiger partial charge is 0.453 e. The van der Waals surface area contributed by atoms with Gasteiger partial charge < -0.3 is 15.4 Å². The van der Waals surface area contributed by atoms with Crippen LogP contribution in [0.3, 0.4) is 0 Å². The van der Waals surface area contributed by atoms with E-state index in [1.165, 1.54) is 39.5 Å². The van der Waals surface area contributed by atoms with Gasteiger partial charge in [-0.2, -0.15) is 17.8 Å².